The van der Waals surface area contributed by atoms with Gasteiger partial charge in [-0.15, -0.1) is 0 Å². The van der Waals surface area contributed by atoms with Crippen molar-refractivity contribution in [3.05, 3.63) is 36.7 Å². The summed E-state index contributed by atoms with van der Waals surface area (Å²) in [5.74, 6) is 0.590. The third-order valence-electron chi connectivity index (χ3n) is 4.14. The van der Waals surface area contributed by atoms with Crippen LogP contribution in [0.1, 0.15) is 19.8 Å². The highest BCUT2D eigenvalue weighted by Crippen LogP contribution is 2.28. The van der Waals surface area contributed by atoms with Crippen LogP contribution in [-0.2, 0) is 14.8 Å². The second kappa shape index (κ2) is 7.89. The minimum Gasteiger partial charge on any atom is -0.373 e. The minimum atomic E-state index is -3.88. The van der Waals surface area contributed by atoms with Crippen molar-refractivity contribution in [1.29, 1.82) is 0 Å². The number of sulfonamides is 1. The predicted octanol–water partition coefficient (Wildman–Crippen LogP) is 1.68. The maximum Gasteiger partial charge on any atom is 0.279 e. The van der Waals surface area contributed by atoms with Gasteiger partial charge in [0.1, 0.15) is 12.1 Å². The number of hydrazine groups is 1. The SMILES string of the molecule is CNc1cc(N(N2CCCC2)S(=O)(=O)c2ccc(NC(C)=O)cc2)ncn1. The average molecular weight is 390 g/mol. The molecule has 1 fully saturated rings. The van der Waals surface area contributed by atoms with Crippen LogP contribution < -0.4 is 15.0 Å². The van der Waals surface area contributed by atoms with Crippen LogP contribution in [0, 0.1) is 0 Å². The van der Waals surface area contributed by atoms with Crippen molar-refractivity contribution in [2.75, 3.05) is 35.2 Å². The van der Waals surface area contributed by atoms with E-state index in [0.29, 0.717) is 24.6 Å². The van der Waals surface area contributed by atoms with Gasteiger partial charge in [-0.05, 0) is 37.1 Å². The summed E-state index contributed by atoms with van der Waals surface area (Å²) in [6.07, 6.45) is 3.16. The Labute approximate surface area is 158 Å². The number of amides is 1. The maximum absolute atomic E-state index is 13.4. The van der Waals surface area contributed by atoms with Gasteiger partial charge in [-0.2, -0.15) is 12.8 Å². The van der Waals surface area contributed by atoms with E-state index in [1.807, 2.05) is 0 Å². The largest absolute Gasteiger partial charge is 0.373 e. The van der Waals surface area contributed by atoms with E-state index in [-0.39, 0.29) is 16.6 Å². The fourth-order valence-electron chi connectivity index (χ4n) is 2.90. The van der Waals surface area contributed by atoms with Crippen molar-refractivity contribution in [2.24, 2.45) is 0 Å². The molecule has 1 amide bonds. The first kappa shape index (κ1) is 19.1. The molecule has 3 rings (SSSR count). The van der Waals surface area contributed by atoms with Gasteiger partial charge in [0, 0.05) is 38.8 Å². The first-order chi connectivity index (χ1) is 12.9. The monoisotopic (exact) mass is 390 g/mol. The van der Waals surface area contributed by atoms with Gasteiger partial charge >= 0.3 is 0 Å². The van der Waals surface area contributed by atoms with Gasteiger partial charge in [0.05, 0.1) is 4.90 Å². The molecule has 2 N–H and O–H groups in total. The fourth-order valence-corrected chi connectivity index (χ4v) is 4.40. The van der Waals surface area contributed by atoms with Crippen LogP contribution in [0.5, 0.6) is 0 Å². The Morgan fingerprint density at radius 1 is 1.15 bits per heavy atom. The van der Waals surface area contributed by atoms with Gasteiger partial charge in [-0.25, -0.2) is 15.0 Å². The normalized spacial score (nSPS) is 14.7. The van der Waals surface area contributed by atoms with Gasteiger partial charge in [-0.3, -0.25) is 4.79 Å². The fraction of sp³-hybridized carbons (Fsp3) is 0.353. The molecule has 0 saturated carbocycles. The van der Waals surface area contributed by atoms with Gasteiger partial charge in [-0.1, -0.05) is 0 Å². The summed E-state index contributed by atoms with van der Waals surface area (Å²) in [7, 11) is -2.17. The molecule has 9 nitrogen and oxygen atoms in total. The standard InChI is InChI=1S/C17H22N6O3S/c1-13(24)21-14-5-7-15(8-6-14)27(25,26)23(22-9-3-4-10-22)17-11-16(18-2)19-12-20-17/h5-8,11-12H,3-4,9-10H2,1-2H3,(H,21,24)(H,18,19,20). The summed E-state index contributed by atoms with van der Waals surface area (Å²) in [6.45, 7) is 2.65. The Hall–Kier alpha value is -2.72. The Morgan fingerprint density at radius 2 is 1.81 bits per heavy atom. The number of hydrogen-bond acceptors (Lipinski definition) is 7. The van der Waals surface area contributed by atoms with Crippen LogP contribution in [-0.4, -0.2) is 49.4 Å². The number of carbonyl (C=O) groups is 1. The Morgan fingerprint density at radius 3 is 2.41 bits per heavy atom. The van der Waals surface area contributed by atoms with Crippen LogP contribution in [0.2, 0.25) is 0 Å². The Kier molecular flexibility index (Phi) is 5.57. The molecule has 0 spiro atoms. The first-order valence-corrected chi connectivity index (χ1v) is 10.0. The average Bonchev–Trinajstić information content (AvgIpc) is 3.16. The van der Waals surface area contributed by atoms with Crippen molar-refractivity contribution >= 4 is 33.3 Å². The molecule has 1 aromatic carbocycles. The van der Waals surface area contributed by atoms with Crippen LogP contribution >= 0.6 is 0 Å². The molecule has 0 aliphatic carbocycles. The molecular weight excluding hydrogens is 368 g/mol. The lowest BCUT2D eigenvalue weighted by atomic mass is 10.3. The smallest absolute Gasteiger partial charge is 0.279 e. The lowest BCUT2D eigenvalue weighted by Gasteiger charge is -2.31. The van der Waals surface area contributed by atoms with Crippen molar-refractivity contribution in [3.8, 4) is 0 Å². The maximum atomic E-state index is 13.4. The second-order valence-corrected chi connectivity index (χ2v) is 7.89. The van der Waals surface area contributed by atoms with Crippen LogP contribution in [0.25, 0.3) is 0 Å². The lowest BCUT2D eigenvalue weighted by molar-refractivity contribution is -0.114. The quantitative estimate of drug-likeness (QED) is 0.773. The molecule has 0 radical (unpaired) electrons. The van der Waals surface area contributed by atoms with Crippen molar-refractivity contribution < 1.29 is 13.2 Å². The van der Waals surface area contributed by atoms with Gasteiger partial charge < -0.3 is 10.6 Å². The number of nitrogens with zero attached hydrogens (tertiary/aromatic N) is 4. The van der Waals surface area contributed by atoms with E-state index in [1.54, 1.807) is 30.3 Å². The van der Waals surface area contributed by atoms with E-state index in [1.165, 1.54) is 29.8 Å². The molecule has 2 heterocycles. The summed E-state index contributed by atoms with van der Waals surface area (Å²) in [6, 6.07) is 7.68. The van der Waals surface area contributed by atoms with E-state index in [9.17, 15) is 13.2 Å². The number of benzene rings is 1. The lowest BCUT2D eigenvalue weighted by Crippen LogP contribution is -2.45. The van der Waals surface area contributed by atoms with E-state index in [2.05, 4.69) is 20.6 Å². The number of hydrogen-bond donors (Lipinski definition) is 2. The van der Waals surface area contributed by atoms with Crippen molar-refractivity contribution in [1.82, 2.24) is 15.0 Å². The molecule has 1 saturated heterocycles. The van der Waals surface area contributed by atoms with Gasteiger partial charge in [0.15, 0.2) is 5.82 Å². The molecule has 144 valence electrons. The zero-order chi connectivity index (χ0) is 19.4. The summed E-state index contributed by atoms with van der Waals surface area (Å²) in [4.78, 5) is 19.5. The molecule has 2 aromatic rings. The molecule has 27 heavy (non-hydrogen) atoms. The van der Waals surface area contributed by atoms with E-state index < -0.39 is 10.0 Å². The van der Waals surface area contributed by atoms with Crippen LogP contribution in [0.15, 0.2) is 41.6 Å². The topological polar surface area (TPSA) is 108 Å². The Balaban J connectivity index is 2.00. The molecule has 10 heteroatoms. The van der Waals surface area contributed by atoms with E-state index in [4.69, 9.17) is 0 Å². The predicted molar refractivity (Wildman–Crippen MR) is 103 cm³/mol. The number of anilines is 3. The van der Waals surface area contributed by atoms with E-state index in [0.717, 1.165) is 12.8 Å². The third kappa shape index (κ3) is 4.17. The molecule has 0 bridgehead atoms. The van der Waals surface area contributed by atoms with Crippen molar-refractivity contribution in [3.63, 3.8) is 0 Å². The highest BCUT2D eigenvalue weighted by Gasteiger charge is 2.33. The zero-order valence-electron chi connectivity index (χ0n) is 15.2. The molecule has 1 aliphatic heterocycles. The van der Waals surface area contributed by atoms with Crippen molar-refractivity contribution in [2.45, 2.75) is 24.7 Å². The summed E-state index contributed by atoms with van der Waals surface area (Å²) in [5.41, 5.74) is 0.536. The molecule has 0 unspecified atom stereocenters. The molecule has 1 aromatic heterocycles. The summed E-state index contributed by atoms with van der Waals surface area (Å²) in [5, 5.41) is 7.30. The van der Waals surface area contributed by atoms with Gasteiger partial charge in [0.25, 0.3) is 10.0 Å². The first-order valence-electron chi connectivity index (χ1n) is 8.59. The highest BCUT2D eigenvalue weighted by atomic mass is 32.2. The number of nitrogens with one attached hydrogen (secondary N) is 2. The highest BCUT2D eigenvalue weighted by molar-refractivity contribution is 7.92. The number of aromatic nitrogens is 2. The van der Waals surface area contributed by atoms with E-state index >= 15 is 0 Å². The third-order valence-corrected chi connectivity index (χ3v) is 5.89. The molecule has 1 aliphatic rings. The Bertz CT molecular complexity index is 911. The molecule has 0 atom stereocenters. The summed E-state index contributed by atoms with van der Waals surface area (Å²) < 4.78 is 28.0. The second-order valence-electron chi connectivity index (χ2n) is 6.13. The summed E-state index contributed by atoms with van der Waals surface area (Å²) >= 11 is 0. The van der Waals surface area contributed by atoms with Gasteiger partial charge in [0.2, 0.25) is 5.91 Å². The number of rotatable bonds is 6. The minimum absolute atomic E-state index is 0.119. The van der Waals surface area contributed by atoms with Crippen LogP contribution in [0.4, 0.5) is 17.3 Å². The zero-order valence-corrected chi connectivity index (χ0v) is 16.0. The van der Waals surface area contributed by atoms with Crippen LogP contribution in [0.3, 0.4) is 0 Å². The number of carbonyl (C=O) groups excluding carboxylic acids is 1. The molecular formula is C17H22N6O3S.